The number of hydrogen-bond donors (Lipinski definition) is 1. The number of aryl methyl sites for hydroxylation is 2. The summed E-state index contributed by atoms with van der Waals surface area (Å²) in [6, 6.07) is 13.6. The smallest absolute Gasteiger partial charge is 0.0570 e. The summed E-state index contributed by atoms with van der Waals surface area (Å²) < 4.78 is 1.21. The highest BCUT2D eigenvalue weighted by Crippen LogP contribution is 2.47. The predicted octanol–water partition coefficient (Wildman–Crippen LogP) is 5.80. The summed E-state index contributed by atoms with van der Waals surface area (Å²) in [5.41, 5.74) is 6.93. The van der Waals surface area contributed by atoms with E-state index in [1.807, 2.05) is 0 Å². The molecule has 0 aromatic heterocycles. The van der Waals surface area contributed by atoms with Gasteiger partial charge in [-0.2, -0.15) is 0 Å². The fourth-order valence-corrected chi connectivity index (χ4v) is 3.69. The molecule has 21 heavy (non-hydrogen) atoms. The molecule has 0 saturated heterocycles. The molecule has 0 radical (unpaired) electrons. The molecule has 1 aliphatic rings. The van der Waals surface area contributed by atoms with Gasteiger partial charge in [-0.1, -0.05) is 54.0 Å². The Morgan fingerprint density at radius 2 is 1.71 bits per heavy atom. The van der Waals surface area contributed by atoms with Crippen LogP contribution in [0.1, 0.15) is 42.1 Å². The average Bonchev–Trinajstić information content (AvgIpc) is 2.67. The molecule has 0 amide bonds. The van der Waals surface area contributed by atoms with Crippen molar-refractivity contribution < 1.29 is 0 Å². The third kappa shape index (κ3) is 2.62. The van der Waals surface area contributed by atoms with Crippen LogP contribution in [0.2, 0.25) is 0 Å². The molecule has 0 bridgehead atoms. The number of benzene rings is 2. The number of rotatable bonds is 2. The second-order valence-corrected chi connectivity index (χ2v) is 7.66. The van der Waals surface area contributed by atoms with Crippen molar-refractivity contribution >= 4 is 21.6 Å². The van der Waals surface area contributed by atoms with Crippen molar-refractivity contribution in [1.29, 1.82) is 0 Å². The van der Waals surface area contributed by atoms with Gasteiger partial charge in [-0.25, -0.2) is 0 Å². The molecule has 1 nitrogen and oxygen atoms in total. The minimum atomic E-state index is 0.235. The first-order chi connectivity index (χ1) is 9.88. The molecule has 1 atom stereocenters. The largest absolute Gasteiger partial charge is 0.378 e. The van der Waals surface area contributed by atoms with Crippen LogP contribution in [-0.2, 0) is 6.42 Å². The lowest BCUT2D eigenvalue weighted by atomic mass is 9.85. The van der Waals surface area contributed by atoms with Gasteiger partial charge in [0.25, 0.3) is 0 Å². The van der Waals surface area contributed by atoms with E-state index in [2.05, 4.69) is 85.3 Å². The van der Waals surface area contributed by atoms with Crippen LogP contribution < -0.4 is 5.32 Å². The fraction of sp³-hybridized carbons (Fsp3) is 0.368. The molecule has 2 aromatic rings. The first kappa shape index (κ1) is 14.6. The molecular formula is C19H22BrN. The van der Waals surface area contributed by atoms with Crippen LogP contribution in [0.25, 0.3) is 0 Å². The topological polar surface area (TPSA) is 12.0 Å². The first-order valence-electron chi connectivity index (χ1n) is 7.49. The molecular weight excluding hydrogens is 322 g/mol. The van der Waals surface area contributed by atoms with Crippen molar-refractivity contribution in [1.82, 2.24) is 0 Å². The van der Waals surface area contributed by atoms with Crippen molar-refractivity contribution in [3.8, 4) is 0 Å². The van der Waals surface area contributed by atoms with Crippen LogP contribution in [0, 0.1) is 19.3 Å². The lowest BCUT2D eigenvalue weighted by Crippen LogP contribution is -2.24. The lowest BCUT2D eigenvalue weighted by molar-refractivity contribution is 0.337. The van der Waals surface area contributed by atoms with Crippen LogP contribution in [0.4, 0.5) is 5.69 Å². The summed E-state index contributed by atoms with van der Waals surface area (Å²) in [6.07, 6.45) is 1.13. The van der Waals surface area contributed by atoms with E-state index in [0.717, 1.165) is 6.42 Å². The van der Waals surface area contributed by atoms with Gasteiger partial charge in [0.05, 0.1) is 6.04 Å². The molecule has 110 valence electrons. The number of halogens is 1. The highest BCUT2D eigenvalue weighted by Gasteiger charge is 2.38. The number of hydrogen-bond acceptors (Lipinski definition) is 1. The monoisotopic (exact) mass is 343 g/mol. The predicted molar refractivity (Wildman–Crippen MR) is 93.9 cm³/mol. The summed E-state index contributed by atoms with van der Waals surface area (Å²) in [4.78, 5) is 0. The Bertz CT molecular complexity index is 665. The molecule has 2 heteroatoms. The van der Waals surface area contributed by atoms with E-state index < -0.39 is 0 Å². The van der Waals surface area contributed by atoms with Crippen LogP contribution in [0.5, 0.6) is 0 Å². The fourth-order valence-electron chi connectivity index (χ4n) is 3.46. The zero-order valence-corrected chi connectivity index (χ0v) is 14.7. The quantitative estimate of drug-likeness (QED) is 0.726. The standard InChI is InChI=1S/C19H22BrN/c1-12-9-15(10-13(2)17(12)20)21-18-16-8-6-5-7-14(16)11-19(18,3)4/h5-10,18,21H,11H2,1-4H3. The van der Waals surface area contributed by atoms with Crippen LogP contribution >= 0.6 is 15.9 Å². The van der Waals surface area contributed by atoms with E-state index in [1.54, 1.807) is 0 Å². The molecule has 0 fully saturated rings. The maximum Gasteiger partial charge on any atom is 0.0570 e. The molecule has 0 heterocycles. The van der Waals surface area contributed by atoms with Gasteiger partial charge in [-0.15, -0.1) is 0 Å². The Morgan fingerprint density at radius 3 is 2.38 bits per heavy atom. The molecule has 0 aliphatic heterocycles. The molecule has 3 rings (SSSR count). The van der Waals surface area contributed by atoms with E-state index in [-0.39, 0.29) is 5.41 Å². The van der Waals surface area contributed by atoms with Crippen LogP contribution in [0.3, 0.4) is 0 Å². The van der Waals surface area contributed by atoms with Gasteiger partial charge in [0, 0.05) is 10.2 Å². The summed E-state index contributed by atoms with van der Waals surface area (Å²) in [5, 5.41) is 3.78. The van der Waals surface area contributed by atoms with E-state index in [9.17, 15) is 0 Å². The molecule has 1 aliphatic carbocycles. The number of fused-ring (bicyclic) bond motifs is 1. The lowest BCUT2D eigenvalue weighted by Gasteiger charge is -2.30. The molecule has 0 spiro atoms. The minimum absolute atomic E-state index is 0.235. The van der Waals surface area contributed by atoms with Crippen molar-refractivity contribution in [3.63, 3.8) is 0 Å². The van der Waals surface area contributed by atoms with Gasteiger partial charge in [-0.05, 0) is 60.1 Å². The molecule has 1 N–H and O–H groups in total. The highest BCUT2D eigenvalue weighted by molar-refractivity contribution is 9.10. The van der Waals surface area contributed by atoms with Gasteiger partial charge >= 0.3 is 0 Å². The van der Waals surface area contributed by atoms with Gasteiger partial charge in [0.15, 0.2) is 0 Å². The molecule has 0 saturated carbocycles. The SMILES string of the molecule is Cc1cc(NC2c3ccccc3CC2(C)C)cc(C)c1Br. The van der Waals surface area contributed by atoms with Gasteiger partial charge in [-0.3, -0.25) is 0 Å². The Labute approximate surface area is 135 Å². The highest BCUT2D eigenvalue weighted by atomic mass is 79.9. The van der Waals surface area contributed by atoms with Crippen LogP contribution in [-0.4, -0.2) is 0 Å². The molecule has 1 unspecified atom stereocenters. The normalized spacial score (nSPS) is 19.4. The summed E-state index contributed by atoms with van der Waals surface area (Å²) in [7, 11) is 0. The zero-order chi connectivity index (χ0) is 15.2. The number of nitrogens with one attached hydrogen (secondary N) is 1. The Morgan fingerprint density at radius 1 is 1.10 bits per heavy atom. The average molecular weight is 344 g/mol. The molecule has 2 aromatic carbocycles. The second kappa shape index (κ2) is 5.17. The first-order valence-corrected chi connectivity index (χ1v) is 8.29. The van der Waals surface area contributed by atoms with Crippen molar-refractivity contribution in [2.75, 3.05) is 5.32 Å². The van der Waals surface area contributed by atoms with Crippen molar-refractivity contribution in [3.05, 3.63) is 63.1 Å². The summed E-state index contributed by atoms with van der Waals surface area (Å²) in [5.74, 6) is 0. The van der Waals surface area contributed by atoms with Crippen LogP contribution in [0.15, 0.2) is 40.9 Å². The van der Waals surface area contributed by atoms with Gasteiger partial charge < -0.3 is 5.32 Å². The van der Waals surface area contributed by atoms with E-state index in [1.165, 1.54) is 32.4 Å². The van der Waals surface area contributed by atoms with Crippen molar-refractivity contribution in [2.45, 2.75) is 40.2 Å². The van der Waals surface area contributed by atoms with Gasteiger partial charge in [0.1, 0.15) is 0 Å². The Kier molecular flexibility index (Phi) is 3.61. The third-order valence-electron chi connectivity index (χ3n) is 4.54. The van der Waals surface area contributed by atoms with Gasteiger partial charge in [0.2, 0.25) is 0 Å². The van der Waals surface area contributed by atoms with Crippen molar-refractivity contribution in [2.24, 2.45) is 5.41 Å². The second-order valence-electron chi connectivity index (χ2n) is 6.87. The van der Waals surface area contributed by atoms with E-state index in [0.29, 0.717) is 6.04 Å². The Balaban J connectivity index is 1.97. The summed E-state index contributed by atoms with van der Waals surface area (Å²) in [6.45, 7) is 9.00. The number of anilines is 1. The zero-order valence-electron chi connectivity index (χ0n) is 13.1. The maximum atomic E-state index is 3.78. The minimum Gasteiger partial charge on any atom is -0.378 e. The summed E-state index contributed by atoms with van der Waals surface area (Å²) >= 11 is 3.65. The Hall–Kier alpha value is -1.28. The van der Waals surface area contributed by atoms with E-state index in [4.69, 9.17) is 0 Å². The third-order valence-corrected chi connectivity index (χ3v) is 5.79. The maximum absolute atomic E-state index is 3.78. The van der Waals surface area contributed by atoms with E-state index >= 15 is 0 Å².